The number of benzene rings is 1. The topological polar surface area (TPSA) is 104 Å². The highest BCUT2D eigenvalue weighted by Crippen LogP contribution is 2.38. The summed E-state index contributed by atoms with van der Waals surface area (Å²) in [6.07, 6.45) is 1.29. The molecule has 8 heteroatoms. The Kier molecular flexibility index (Phi) is 4.37. The van der Waals surface area contributed by atoms with Crippen molar-refractivity contribution in [1.82, 2.24) is 9.97 Å². The molecule has 0 unspecified atom stereocenters. The van der Waals surface area contributed by atoms with E-state index >= 15 is 0 Å². The number of anilines is 1. The smallest absolute Gasteiger partial charge is 0.287 e. The second-order valence-electron chi connectivity index (χ2n) is 4.58. The van der Waals surface area contributed by atoms with E-state index in [1.807, 2.05) is 13.8 Å². The molecule has 1 aromatic carbocycles. The average Bonchev–Trinajstić information content (AvgIpc) is 2.40. The van der Waals surface area contributed by atoms with Gasteiger partial charge in [-0.15, -0.1) is 0 Å². The van der Waals surface area contributed by atoms with Gasteiger partial charge in [-0.2, -0.15) is 0 Å². The van der Waals surface area contributed by atoms with E-state index in [1.165, 1.54) is 18.5 Å². The SMILES string of the molecule is CC(C)c1c(N)ncnc1Oc1cccc([N+](=O)[O-])c1Br. The normalized spacial score (nSPS) is 10.7. The molecule has 0 bridgehead atoms. The Morgan fingerprint density at radius 3 is 2.71 bits per heavy atom. The minimum absolute atomic E-state index is 0.0543. The van der Waals surface area contributed by atoms with Gasteiger partial charge in [0.25, 0.3) is 5.69 Å². The third-order valence-corrected chi connectivity index (χ3v) is 3.60. The first-order valence-corrected chi connectivity index (χ1v) is 6.92. The van der Waals surface area contributed by atoms with Crippen LogP contribution in [-0.4, -0.2) is 14.9 Å². The summed E-state index contributed by atoms with van der Waals surface area (Å²) >= 11 is 3.18. The number of nitro groups is 1. The van der Waals surface area contributed by atoms with Gasteiger partial charge in [0.2, 0.25) is 5.88 Å². The number of halogens is 1. The van der Waals surface area contributed by atoms with E-state index in [4.69, 9.17) is 10.5 Å². The number of aromatic nitrogens is 2. The van der Waals surface area contributed by atoms with Crippen LogP contribution >= 0.6 is 15.9 Å². The standard InChI is InChI=1S/C13H13BrN4O3/c1-7(2)10-12(15)16-6-17-13(10)21-9-5-3-4-8(11(9)14)18(19)20/h3-7H,1-2H3,(H2,15,16,17). The van der Waals surface area contributed by atoms with Crippen LogP contribution in [0, 0.1) is 10.1 Å². The number of ether oxygens (including phenoxy) is 1. The van der Waals surface area contributed by atoms with Crippen molar-refractivity contribution in [3.05, 3.63) is 44.7 Å². The Morgan fingerprint density at radius 1 is 1.38 bits per heavy atom. The third-order valence-electron chi connectivity index (χ3n) is 2.80. The van der Waals surface area contributed by atoms with Crippen LogP contribution in [-0.2, 0) is 0 Å². The van der Waals surface area contributed by atoms with Crippen molar-refractivity contribution in [1.29, 1.82) is 0 Å². The van der Waals surface area contributed by atoms with Gasteiger partial charge in [0, 0.05) is 6.07 Å². The van der Waals surface area contributed by atoms with Crippen molar-refractivity contribution in [2.24, 2.45) is 0 Å². The van der Waals surface area contributed by atoms with Gasteiger partial charge in [-0.25, -0.2) is 9.97 Å². The summed E-state index contributed by atoms with van der Waals surface area (Å²) in [5.74, 6) is 0.970. The van der Waals surface area contributed by atoms with Crippen LogP contribution < -0.4 is 10.5 Å². The molecule has 0 radical (unpaired) electrons. The molecular weight excluding hydrogens is 340 g/mol. The van der Waals surface area contributed by atoms with E-state index in [9.17, 15) is 10.1 Å². The van der Waals surface area contributed by atoms with Crippen LogP contribution in [0.1, 0.15) is 25.3 Å². The Morgan fingerprint density at radius 2 is 2.10 bits per heavy atom. The predicted molar refractivity (Wildman–Crippen MR) is 81.4 cm³/mol. The molecule has 0 spiro atoms. The molecule has 7 nitrogen and oxygen atoms in total. The van der Waals surface area contributed by atoms with E-state index in [0.717, 1.165) is 0 Å². The quantitative estimate of drug-likeness (QED) is 0.665. The van der Waals surface area contributed by atoms with Gasteiger partial charge in [0.1, 0.15) is 16.6 Å². The summed E-state index contributed by atoms with van der Waals surface area (Å²) < 4.78 is 5.94. The van der Waals surface area contributed by atoms with Gasteiger partial charge < -0.3 is 10.5 Å². The fourth-order valence-corrected chi connectivity index (χ4v) is 2.33. The number of nitrogens with zero attached hydrogens (tertiary/aromatic N) is 3. The molecule has 110 valence electrons. The lowest BCUT2D eigenvalue weighted by Crippen LogP contribution is -2.04. The van der Waals surface area contributed by atoms with Crippen molar-refractivity contribution < 1.29 is 9.66 Å². The minimum atomic E-state index is -0.491. The third kappa shape index (κ3) is 3.10. The maximum Gasteiger partial charge on any atom is 0.287 e. The number of nitrogen functional groups attached to an aromatic ring is 1. The molecule has 0 atom stereocenters. The molecule has 0 aliphatic heterocycles. The van der Waals surface area contributed by atoms with Gasteiger partial charge in [-0.3, -0.25) is 10.1 Å². The molecule has 0 amide bonds. The molecule has 1 aromatic heterocycles. The van der Waals surface area contributed by atoms with Crippen LogP contribution in [0.4, 0.5) is 11.5 Å². The maximum absolute atomic E-state index is 10.9. The summed E-state index contributed by atoms with van der Waals surface area (Å²) in [6, 6.07) is 4.53. The molecule has 1 heterocycles. The number of nitrogens with two attached hydrogens (primary N) is 1. The first kappa shape index (κ1) is 15.2. The molecule has 0 aliphatic rings. The van der Waals surface area contributed by atoms with Crippen molar-refractivity contribution in [3.8, 4) is 11.6 Å². The molecule has 21 heavy (non-hydrogen) atoms. The summed E-state index contributed by atoms with van der Waals surface area (Å²) in [7, 11) is 0. The molecule has 0 fully saturated rings. The fourth-order valence-electron chi connectivity index (χ4n) is 1.84. The predicted octanol–water partition coefficient (Wildman–Crippen LogP) is 3.65. The minimum Gasteiger partial charge on any atom is -0.437 e. The highest BCUT2D eigenvalue weighted by Gasteiger charge is 2.20. The number of rotatable bonds is 4. The first-order valence-electron chi connectivity index (χ1n) is 6.13. The zero-order valence-electron chi connectivity index (χ0n) is 11.4. The summed E-state index contributed by atoms with van der Waals surface area (Å²) in [6.45, 7) is 3.87. The van der Waals surface area contributed by atoms with E-state index in [-0.39, 0.29) is 16.1 Å². The zero-order chi connectivity index (χ0) is 15.6. The van der Waals surface area contributed by atoms with Crippen LogP contribution in [0.15, 0.2) is 29.0 Å². The molecule has 0 aliphatic carbocycles. The second-order valence-corrected chi connectivity index (χ2v) is 5.37. The van der Waals surface area contributed by atoms with Gasteiger partial charge in [-0.05, 0) is 27.9 Å². The molecule has 2 aromatic rings. The van der Waals surface area contributed by atoms with Gasteiger partial charge in [-0.1, -0.05) is 19.9 Å². The van der Waals surface area contributed by atoms with Crippen LogP contribution in [0.2, 0.25) is 0 Å². The number of hydrogen-bond donors (Lipinski definition) is 1. The largest absolute Gasteiger partial charge is 0.437 e. The summed E-state index contributed by atoms with van der Waals surface area (Å²) in [5, 5.41) is 10.9. The van der Waals surface area contributed by atoms with Crippen molar-refractivity contribution in [3.63, 3.8) is 0 Å². The van der Waals surface area contributed by atoms with E-state index in [2.05, 4.69) is 25.9 Å². The molecule has 0 saturated carbocycles. The highest BCUT2D eigenvalue weighted by molar-refractivity contribution is 9.10. The van der Waals surface area contributed by atoms with Gasteiger partial charge in [0.05, 0.1) is 10.5 Å². The van der Waals surface area contributed by atoms with Crippen LogP contribution in [0.25, 0.3) is 0 Å². The molecular formula is C13H13BrN4O3. The van der Waals surface area contributed by atoms with E-state index < -0.39 is 4.92 Å². The van der Waals surface area contributed by atoms with Crippen LogP contribution in [0.3, 0.4) is 0 Å². The first-order chi connectivity index (χ1) is 9.91. The Hall–Kier alpha value is -2.22. The summed E-state index contributed by atoms with van der Waals surface area (Å²) in [5.41, 5.74) is 6.42. The van der Waals surface area contributed by atoms with Crippen molar-refractivity contribution >= 4 is 27.4 Å². The number of hydrogen-bond acceptors (Lipinski definition) is 6. The Bertz CT molecular complexity index is 691. The van der Waals surface area contributed by atoms with Crippen molar-refractivity contribution in [2.45, 2.75) is 19.8 Å². The summed E-state index contributed by atoms with van der Waals surface area (Å²) in [4.78, 5) is 18.4. The van der Waals surface area contributed by atoms with E-state index in [0.29, 0.717) is 23.0 Å². The monoisotopic (exact) mass is 352 g/mol. The zero-order valence-corrected chi connectivity index (χ0v) is 13.0. The Labute approximate surface area is 129 Å². The Balaban J connectivity index is 2.47. The van der Waals surface area contributed by atoms with E-state index in [1.54, 1.807) is 6.07 Å². The lowest BCUT2D eigenvalue weighted by atomic mass is 10.1. The second kappa shape index (κ2) is 6.04. The molecule has 2 N–H and O–H groups in total. The number of nitro benzene ring substituents is 1. The molecule has 2 rings (SSSR count). The maximum atomic E-state index is 10.9. The average molecular weight is 353 g/mol. The lowest BCUT2D eigenvalue weighted by Gasteiger charge is -2.14. The van der Waals surface area contributed by atoms with Gasteiger partial charge in [0.15, 0.2) is 5.75 Å². The van der Waals surface area contributed by atoms with Crippen LogP contribution in [0.5, 0.6) is 11.6 Å². The lowest BCUT2D eigenvalue weighted by molar-refractivity contribution is -0.385. The fraction of sp³-hybridized carbons (Fsp3) is 0.231. The van der Waals surface area contributed by atoms with Gasteiger partial charge >= 0.3 is 0 Å². The molecule has 0 saturated heterocycles. The highest BCUT2D eigenvalue weighted by atomic mass is 79.9. The van der Waals surface area contributed by atoms with Crippen molar-refractivity contribution in [2.75, 3.05) is 5.73 Å².